The molecular formula is C12H5F5O2. The monoisotopic (exact) mass is 276 g/mol. The minimum Gasteiger partial charge on any atom is -0.458 e. The van der Waals surface area contributed by atoms with Crippen molar-refractivity contribution in [2.75, 3.05) is 0 Å². The molecule has 2 aromatic rings. The van der Waals surface area contributed by atoms with Gasteiger partial charge in [0.15, 0.2) is 29.0 Å². The second kappa shape index (κ2) is 4.49. The molecule has 0 N–H and O–H groups in total. The predicted molar refractivity (Wildman–Crippen MR) is 53.1 cm³/mol. The smallest absolute Gasteiger partial charge is 0.234 e. The molecule has 0 saturated carbocycles. The minimum absolute atomic E-state index is 0.257. The molecule has 0 fully saturated rings. The van der Waals surface area contributed by atoms with E-state index in [9.17, 15) is 26.7 Å². The first-order valence-corrected chi connectivity index (χ1v) is 4.97. The van der Waals surface area contributed by atoms with Gasteiger partial charge in [0.2, 0.25) is 11.6 Å². The van der Waals surface area contributed by atoms with Crippen LogP contribution >= 0.6 is 0 Å². The average molecular weight is 276 g/mol. The van der Waals surface area contributed by atoms with E-state index in [4.69, 9.17) is 4.42 Å². The quantitative estimate of drug-likeness (QED) is 0.363. The Morgan fingerprint density at radius 2 is 1.37 bits per heavy atom. The summed E-state index contributed by atoms with van der Waals surface area (Å²) >= 11 is 0. The summed E-state index contributed by atoms with van der Waals surface area (Å²) in [4.78, 5) is 11.7. The highest BCUT2D eigenvalue weighted by Gasteiger charge is 2.31. The molecule has 0 radical (unpaired) electrons. The van der Waals surface area contributed by atoms with Crippen molar-refractivity contribution in [3.05, 3.63) is 58.3 Å². The van der Waals surface area contributed by atoms with Gasteiger partial charge >= 0.3 is 0 Å². The lowest BCUT2D eigenvalue weighted by Crippen LogP contribution is -2.13. The zero-order valence-corrected chi connectivity index (χ0v) is 9.36. The number of hydrogen-bond acceptors (Lipinski definition) is 2. The van der Waals surface area contributed by atoms with Gasteiger partial charge in [-0.2, -0.15) is 0 Å². The van der Waals surface area contributed by atoms with Crippen LogP contribution in [0.4, 0.5) is 22.0 Å². The number of aryl methyl sites for hydroxylation is 1. The fraction of sp³-hybridized carbons (Fsp3) is 0.0833. The molecular weight excluding hydrogens is 271 g/mol. The number of ketones is 1. The zero-order valence-electron chi connectivity index (χ0n) is 9.36. The van der Waals surface area contributed by atoms with Gasteiger partial charge in [-0.1, -0.05) is 0 Å². The van der Waals surface area contributed by atoms with Gasteiger partial charge in [0, 0.05) is 0 Å². The average Bonchev–Trinajstić information content (AvgIpc) is 2.81. The summed E-state index contributed by atoms with van der Waals surface area (Å²) in [5.41, 5.74) is -1.54. The number of benzene rings is 1. The number of hydrogen-bond donors (Lipinski definition) is 0. The van der Waals surface area contributed by atoms with Crippen molar-refractivity contribution in [2.24, 2.45) is 0 Å². The second-order valence-corrected chi connectivity index (χ2v) is 3.68. The molecule has 1 heterocycles. The van der Waals surface area contributed by atoms with Crippen LogP contribution in [0.3, 0.4) is 0 Å². The van der Waals surface area contributed by atoms with Crippen molar-refractivity contribution in [1.82, 2.24) is 0 Å². The molecule has 0 aliphatic carbocycles. The van der Waals surface area contributed by atoms with Gasteiger partial charge in [-0.15, -0.1) is 0 Å². The standard InChI is InChI=1S/C12H5F5O2/c1-4-2-3-5(19-4)12(18)6-7(13)9(15)11(17)10(16)8(6)14/h2-3H,1H3. The van der Waals surface area contributed by atoms with E-state index in [1.54, 1.807) is 0 Å². The third-order valence-electron chi connectivity index (χ3n) is 2.40. The van der Waals surface area contributed by atoms with E-state index < -0.39 is 46.2 Å². The third kappa shape index (κ3) is 2.00. The maximum Gasteiger partial charge on any atom is 0.234 e. The lowest BCUT2D eigenvalue weighted by atomic mass is 10.1. The van der Waals surface area contributed by atoms with Crippen molar-refractivity contribution in [3.8, 4) is 0 Å². The Balaban J connectivity index is 2.66. The topological polar surface area (TPSA) is 30.2 Å². The van der Waals surface area contributed by atoms with Gasteiger partial charge in [0.1, 0.15) is 11.3 Å². The summed E-state index contributed by atoms with van der Waals surface area (Å²) in [6, 6.07) is 2.40. The molecule has 0 atom stereocenters. The van der Waals surface area contributed by atoms with Crippen LogP contribution in [0.5, 0.6) is 0 Å². The van der Waals surface area contributed by atoms with Gasteiger partial charge in [-0.3, -0.25) is 4.79 Å². The second-order valence-electron chi connectivity index (χ2n) is 3.68. The first-order chi connectivity index (χ1) is 8.84. The van der Waals surface area contributed by atoms with E-state index in [0.29, 0.717) is 0 Å². The van der Waals surface area contributed by atoms with E-state index in [0.717, 1.165) is 6.07 Å². The van der Waals surface area contributed by atoms with Gasteiger partial charge in [0.05, 0.1) is 0 Å². The molecule has 1 aromatic heterocycles. The van der Waals surface area contributed by atoms with Crippen LogP contribution < -0.4 is 0 Å². The van der Waals surface area contributed by atoms with Crippen LogP contribution in [0.25, 0.3) is 0 Å². The third-order valence-corrected chi connectivity index (χ3v) is 2.40. The summed E-state index contributed by atoms with van der Waals surface area (Å²) in [6.45, 7) is 1.45. The Labute approximate surface area is 103 Å². The van der Waals surface area contributed by atoms with Gasteiger partial charge < -0.3 is 4.42 Å². The zero-order chi connectivity index (χ0) is 14.3. The van der Waals surface area contributed by atoms with Crippen molar-refractivity contribution in [1.29, 1.82) is 0 Å². The number of carbonyl (C=O) groups excluding carboxylic acids is 1. The molecule has 19 heavy (non-hydrogen) atoms. The summed E-state index contributed by atoms with van der Waals surface area (Å²) in [5, 5.41) is 0. The molecule has 1 aromatic carbocycles. The Morgan fingerprint density at radius 1 is 0.895 bits per heavy atom. The fourth-order valence-corrected chi connectivity index (χ4v) is 1.48. The van der Waals surface area contributed by atoms with Crippen LogP contribution in [-0.2, 0) is 0 Å². The van der Waals surface area contributed by atoms with Crippen LogP contribution in [0.2, 0.25) is 0 Å². The molecule has 0 amide bonds. The number of carbonyl (C=O) groups is 1. The molecule has 0 bridgehead atoms. The maximum absolute atomic E-state index is 13.4. The van der Waals surface area contributed by atoms with E-state index in [2.05, 4.69) is 0 Å². The number of furan rings is 1. The van der Waals surface area contributed by atoms with Crippen molar-refractivity contribution in [2.45, 2.75) is 6.92 Å². The summed E-state index contributed by atoms with van der Waals surface area (Å²) < 4.78 is 70.2. The molecule has 7 heteroatoms. The largest absolute Gasteiger partial charge is 0.458 e. The van der Waals surface area contributed by atoms with E-state index in [1.807, 2.05) is 0 Å². The Kier molecular flexibility index (Phi) is 3.13. The lowest BCUT2D eigenvalue weighted by molar-refractivity contribution is 0.0996. The van der Waals surface area contributed by atoms with E-state index >= 15 is 0 Å². The summed E-state index contributed by atoms with van der Waals surface area (Å²) in [5.74, 6) is -12.7. The van der Waals surface area contributed by atoms with Crippen molar-refractivity contribution >= 4 is 5.78 Å². The normalized spacial score (nSPS) is 10.8. The number of rotatable bonds is 2. The lowest BCUT2D eigenvalue weighted by Gasteiger charge is -2.05. The molecule has 0 spiro atoms. The highest BCUT2D eigenvalue weighted by molar-refractivity contribution is 6.07. The molecule has 0 unspecified atom stereocenters. The fourth-order valence-electron chi connectivity index (χ4n) is 1.48. The minimum atomic E-state index is -2.32. The molecule has 0 saturated heterocycles. The van der Waals surface area contributed by atoms with Gasteiger partial charge in [0.25, 0.3) is 0 Å². The Morgan fingerprint density at radius 3 is 1.79 bits per heavy atom. The van der Waals surface area contributed by atoms with Crippen LogP contribution in [0, 0.1) is 36.0 Å². The summed E-state index contributed by atoms with van der Waals surface area (Å²) in [6.07, 6.45) is 0. The molecule has 100 valence electrons. The highest BCUT2D eigenvalue weighted by atomic mass is 19.2. The maximum atomic E-state index is 13.4. The number of halogens is 5. The Hall–Kier alpha value is -2.18. The van der Waals surface area contributed by atoms with Crippen molar-refractivity contribution < 1.29 is 31.2 Å². The van der Waals surface area contributed by atoms with Gasteiger partial charge in [-0.25, -0.2) is 22.0 Å². The molecule has 2 rings (SSSR count). The Bertz CT molecular complexity index is 646. The van der Waals surface area contributed by atoms with Crippen LogP contribution in [0.15, 0.2) is 16.5 Å². The first kappa shape index (κ1) is 13.3. The van der Waals surface area contributed by atoms with Crippen LogP contribution in [-0.4, -0.2) is 5.78 Å². The SMILES string of the molecule is Cc1ccc(C(=O)c2c(F)c(F)c(F)c(F)c2F)o1. The first-order valence-electron chi connectivity index (χ1n) is 4.97. The molecule has 0 aliphatic heterocycles. The van der Waals surface area contributed by atoms with E-state index in [1.165, 1.54) is 13.0 Å². The molecule has 0 aliphatic rings. The van der Waals surface area contributed by atoms with Crippen LogP contribution in [0.1, 0.15) is 21.9 Å². The predicted octanol–water partition coefficient (Wildman–Crippen LogP) is 3.51. The van der Waals surface area contributed by atoms with E-state index in [-0.39, 0.29) is 5.76 Å². The highest BCUT2D eigenvalue weighted by Crippen LogP contribution is 2.25. The molecule has 2 nitrogen and oxygen atoms in total. The summed E-state index contributed by atoms with van der Waals surface area (Å²) in [7, 11) is 0. The van der Waals surface area contributed by atoms with Gasteiger partial charge in [-0.05, 0) is 19.1 Å². The van der Waals surface area contributed by atoms with Crippen molar-refractivity contribution in [3.63, 3.8) is 0 Å².